The Kier molecular flexibility index (Phi) is 6.81. The molecule has 2 aromatic rings. The fourth-order valence-corrected chi connectivity index (χ4v) is 3.42. The highest BCUT2D eigenvalue weighted by molar-refractivity contribution is 5.91. The van der Waals surface area contributed by atoms with Gasteiger partial charge in [0.25, 0.3) is 5.91 Å². The molecule has 1 aliphatic rings. The zero-order valence-corrected chi connectivity index (χ0v) is 17.5. The van der Waals surface area contributed by atoms with Crippen molar-refractivity contribution in [3.8, 4) is 5.82 Å². The molecule has 1 saturated heterocycles. The first-order valence-corrected chi connectivity index (χ1v) is 10.00. The van der Waals surface area contributed by atoms with Gasteiger partial charge in [0.1, 0.15) is 0 Å². The van der Waals surface area contributed by atoms with Crippen molar-refractivity contribution in [2.45, 2.75) is 33.6 Å². The van der Waals surface area contributed by atoms with Crippen LogP contribution in [0.4, 0.5) is 0 Å². The molecule has 3 heterocycles. The average Bonchev–Trinajstić information content (AvgIpc) is 3.10. The molecule has 0 aromatic carbocycles. The zero-order chi connectivity index (χ0) is 21.7. The van der Waals surface area contributed by atoms with Crippen LogP contribution < -0.4 is 0 Å². The Morgan fingerprint density at radius 3 is 2.43 bits per heavy atom. The fourth-order valence-electron chi connectivity index (χ4n) is 3.42. The second kappa shape index (κ2) is 9.51. The fraction of sp³-hybridized carbons (Fsp3) is 0.476. The van der Waals surface area contributed by atoms with Gasteiger partial charge in [-0.1, -0.05) is 0 Å². The molecule has 0 radical (unpaired) electrons. The molecule has 0 aliphatic carbocycles. The average molecular weight is 414 g/mol. The van der Waals surface area contributed by atoms with Crippen molar-refractivity contribution in [2.24, 2.45) is 5.92 Å². The first kappa shape index (κ1) is 21.5. The van der Waals surface area contributed by atoms with Crippen molar-refractivity contribution in [3.63, 3.8) is 0 Å². The number of amides is 1. The van der Waals surface area contributed by atoms with Crippen molar-refractivity contribution in [2.75, 3.05) is 26.3 Å². The van der Waals surface area contributed by atoms with E-state index in [0.29, 0.717) is 38.4 Å². The number of aromatic nitrogens is 3. The highest BCUT2D eigenvalue weighted by Crippen LogP contribution is 2.19. The first-order chi connectivity index (χ1) is 14.4. The summed E-state index contributed by atoms with van der Waals surface area (Å²) >= 11 is 0. The van der Waals surface area contributed by atoms with Gasteiger partial charge in [-0.05, 0) is 51.8 Å². The predicted octanol–water partition coefficient (Wildman–Crippen LogP) is 1.84. The van der Waals surface area contributed by atoms with E-state index in [4.69, 9.17) is 9.47 Å². The Morgan fingerprint density at radius 2 is 1.87 bits per heavy atom. The van der Waals surface area contributed by atoms with Gasteiger partial charge in [0.05, 0.1) is 23.8 Å². The minimum atomic E-state index is -0.614. The maximum Gasteiger partial charge on any atom is 0.340 e. The van der Waals surface area contributed by atoms with E-state index in [1.54, 1.807) is 28.6 Å². The molecular formula is C21H26N4O5. The molecule has 1 aliphatic heterocycles. The van der Waals surface area contributed by atoms with Crippen LogP contribution in [0.5, 0.6) is 0 Å². The second-order valence-electron chi connectivity index (χ2n) is 7.23. The summed E-state index contributed by atoms with van der Waals surface area (Å²) in [5.74, 6) is -0.691. The van der Waals surface area contributed by atoms with Crippen LogP contribution in [-0.2, 0) is 19.1 Å². The van der Waals surface area contributed by atoms with Crippen molar-refractivity contribution in [1.29, 1.82) is 0 Å². The van der Waals surface area contributed by atoms with E-state index in [9.17, 15) is 14.4 Å². The molecule has 1 fully saturated rings. The first-order valence-electron chi connectivity index (χ1n) is 10.00. The lowest BCUT2D eigenvalue weighted by atomic mass is 9.97. The maximum atomic E-state index is 12.3. The van der Waals surface area contributed by atoms with E-state index in [1.807, 2.05) is 19.9 Å². The smallest absolute Gasteiger partial charge is 0.340 e. The lowest BCUT2D eigenvalue weighted by Gasteiger charge is -2.30. The van der Waals surface area contributed by atoms with Crippen LogP contribution in [0.1, 0.15) is 41.5 Å². The summed E-state index contributed by atoms with van der Waals surface area (Å²) in [4.78, 5) is 42.2. The highest BCUT2D eigenvalue weighted by Gasteiger charge is 2.28. The van der Waals surface area contributed by atoms with Gasteiger partial charge >= 0.3 is 11.9 Å². The van der Waals surface area contributed by atoms with Gasteiger partial charge in [-0.2, -0.15) is 5.10 Å². The third-order valence-electron chi connectivity index (χ3n) is 5.00. The normalized spacial score (nSPS) is 14.4. The number of pyridine rings is 1. The number of carbonyl (C=O) groups is 3. The minimum absolute atomic E-state index is 0.177. The summed E-state index contributed by atoms with van der Waals surface area (Å²) in [6.45, 7) is 6.48. The molecule has 0 N–H and O–H groups in total. The number of likely N-dealkylation sites (tertiary alicyclic amines) is 1. The maximum absolute atomic E-state index is 12.3. The van der Waals surface area contributed by atoms with Crippen LogP contribution in [0.15, 0.2) is 24.4 Å². The van der Waals surface area contributed by atoms with E-state index in [-0.39, 0.29) is 30.0 Å². The van der Waals surface area contributed by atoms with Crippen LogP contribution in [0.3, 0.4) is 0 Å². The van der Waals surface area contributed by atoms with E-state index in [1.165, 1.54) is 6.20 Å². The summed E-state index contributed by atoms with van der Waals surface area (Å²) in [6.07, 6.45) is 2.51. The third-order valence-corrected chi connectivity index (χ3v) is 5.00. The third kappa shape index (κ3) is 5.03. The number of carbonyl (C=O) groups excluding carboxylic acids is 3. The summed E-state index contributed by atoms with van der Waals surface area (Å²) in [7, 11) is 0. The predicted molar refractivity (Wildman–Crippen MR) is 107 cm³/mol. The van der Waals surface area contributed by atoms with Crippen LogP contribution in [-0.4, -0.2) is 63.8 Å². The quantitative estimate of drug-likeness (QED) is 0.665. The Balaban J connectivity index is 1.49. The molecule has 30 heavy (non-hydrogen) atoms. The molecule has 0 atom stereocenters. The standard InChI is InChI=1S/C21H26N4O5/c1-4-29-20(27)16-7-9-24(10-8-16)19(26)13-30-21(28)17-5-6-18(22-12-17)25-15(3)11-14(2)23-25/h5-6,11-12,16H,4,7-10,13H2,1-3H3. The van der Waals surface area contributed by atoms with E-state index >= 15 is 0 Å². The number of aryl methyl sites for hydroxylation is 2. The van der Waals surface area contributed by atoms with Gasteiger partial charge < -0.3 is 14.4 Å². The van der Waals surface area contributed by atoms with Gasteiger partial charge in [-0.3, -0.25) is 9.59 Å². The number of hydrogen-bond acceptors (Lipinski definition) is 7. The van der Waals surface area contributed by atoms with Crippen molar-refractivity contribution >= 4 is 17.8 Å². The summed E-state index contributed by atoms with van der Waals surface area (Å²) in [5.41, 5.74) is 2.07. The van der Waals surface area contributed by atoms with E-state index in [0.717, 1.165) is 11.4 Å². The lowest BCUT2D eigenvalue weighted by Crippen LogP contribution is -2.42. The van der Waals surface area contributed by atoms with Crippen molar-refractivity contribution in [1.82, 2.24) is 19.7 Å². The Hall–Kier alpha value is -3.23. The Labute approximate surface area is 175 Å². The topological polar surface area (TPSA) is 104 Å². The molecule has 9 nitrogen and oxygen atoms in total. The number of hydrogen-bond donors (Lipinski definition) is 0. The monoisotopic (exact) mass is 414 g/mol. The molecule has 3 rings (SSSR count). The zero-order valence-electron chi connectivity index (χ0n) is 17.5. The summed E-state index contributed by atoms with van der Waals surface area (Å²) in [6, 6.07) is 5.21. The number of piperidine rings is 1. The van der Waals surface area contributed by atoms with Crippen molar-refractivity contribution < 1.29 is 23.9 Å². The summed E-state index contributed by atoms with van der Waals surface area (Å²) < 4.78 is 11.9. The SMILES string of the molecule is CCOC(=O)C1CCN(C(=O)COC(=O)c2ccc(-n3nc(C)cc3C)nc2)CC1. The van der Waals surface area contributed by atoms with Crippen LogP contribution in [0.2, 0.25) is 0 Å². The molecule has 0 unspecified atom stereocenters. The van der Waals surface area contributed by atoms with Crippen LogP contribution in [0, 0.1) is 19.8 Å². The van der Waals surface area contributed by atoms with Gasteiger partial charge in [0, 0.05) is 25.0 Å². The molecule has 0 bridgehead atoms. The van der Waals surface area contributed by atoms with Crippen LogP contribution in [0.25, 0.3) is 5.82 Å². The number of ether oxygens (including phenoxy) is 2. The van der Waals surface area contributed by atoms with Gasteiger partial charge in [-0.15, -0.1) is 0 Å². The molecule has 9 heteroatoms. The molecule has 160 valence electrons. The lowest BCUT2D eigenvalue weighted by molar-refractivity contribution is -0.151. The highest BCUT2D eigenvalue weighted by atomic mass is 16.5. The number of nitrogens with zero attached hydrogens (tertiary/aromatic N) is 4. The summed E-state index contributed by atoms with van der Waals surface area (Å²) in [5, 5.41) is 4.35. The van der Waals surface area contributed by atoms with E-state index in [2.05, 4.69) is 10.1 Å². The van der Waals surface area contributed by atoms with Gasteiger partial charge in [-0.25, -0.2) is 14.5 Å². The molecule has 0 spiro atoms. The van der Waals surface area contributed by atoms with Crippen molar-refractivity contribution in [3.05, 3.63) is 41.3 Å². The largest absolute Gasteiger partial charge is 0.466 e. The number of esters is 2. The molecular weight excluding hydrogens is 388 g/mol. The van der Waals surface area contributed by atoms with Crippen LogP contribution >= 0.6 is 0 Å². The number of rotatable bonds is 6. The second-order valence-corrected chi connectivity index (χ2v) is 7.23. The van der Waals surface area contributed by atoms with Gasteiger partial charge in [0.15, 0.2) is 12.4 Å². The Bertz CT molecular complexity index is 914. The van der Waals surface area contributed by atoms with Gasteiger partial charge in [0.2, 0.25) is 0 Å². The minimum Gasteiger partial charge on any atom is -0.466 e. The van der Waals surface area contributed by atoms with E-state index < -0.39 is 5.97 Å². The molecule has 0 saturated carbocycles. The Morgan fingerprint density at radius 1 is 1.13 bits per heavy atom. The molecule has 2 aromatic heterocycles. The molecule has 1 amide bonds.